The zero-order valence-electron chi connectivity index (χ0n) is 28.5. The average Bonchev–Trinajstić information content (AvgIpc) is 3.87. The molecule has 0 aliphatic heterocycles. The Hall–Kier alpha value is -4.20. The quantitative estimate of drug-likeness (QED) is 0.173. The van der Waals surface area contributed by atoms with Crippen LogP contribution >= 0.6 is 0 Å². The Kier molecular flexibility index (Phi) is 7.80. The second kappa shape index (κ2) is 12.0. The number of furan rings is 2. The Balaban J connectivity index is 1.31. The van der Waals surface area contributed by atoms with Crippen molar-refractivity contribution in [1.82, 2.24) is 0 Å². The van der Waals surface area contributed by atoms with Gasteiger partial charge in [-0.15, -0.1) is 0 Å². The SMILES string of the molecule is Cc1ccc(C2=Cc3c(ccc(C)c3-c3ccccc3)[CH]2[Zr][CH]2C(c3ccc(C(C)(C)C)o3)=Cc3c2ccc(C)c3-c2ccccc2)o1. The third-order valence-electron chi connectivity index (χ3n) is 9.93. The number of aryl methyl sites for hydroxylation is 3. The van der Waals surface area contributed by atoms with E-state index in [2.05, 4.69) is 156 Å². The molecule has 2 unspecified atom stereocenters. The Morgan fingerprint density at radius 3 is 1.44 bits per heavy atom. The molecule has 2 aromatic heterocycles. The predicted octanol–water partition coefficient (Wildman–Crippen LogP) is 12.4. The topological polar surface area (TPSA) is 26.3 Å². The summed E-state index contributed by atoms with van der Waals surface area (Å²) in [7, 11) is 0. The van der Waals surface area contributed by atoms with Crippen molar-refractivity contribution in [2.24, 2.45) is 0 Å². The van der Waals surface area contributed by atoms with Gasteiger partial charge in [0.15, 0.2) is 0 Å². The first-order chi connectivity index (χ1) is 23.2. The minimum atomic E-state index is -1.33. The van der Waals surface area contributed by atoms with Crippen molar-refractivity contribution in [3.8, 4) is 22.3 Å². The van der Waals surface area contributed by atoms with E-state index >= 15 is 0 Å². The van der Waals surface area contributed by atoms with Gasteiger partial charge in [0.1, 0.15) is 0 Å². The van der Waals surface area contributed by atoms with E-state index in [0.717, 1.165) is 23.0 Å². The van der Waals surface area contributed by atoms with E-state index in [0.29, 0.717) is 7.25 Å². The zero-order chi connectivity index (χ0) is 33.2. The number of allylic oxidation sites excluding steroid dienone is 2. The van der Waals surface area contributed by atoms with E-state index in [1.807, 2.05) is 6.92 Å². The van der Waals surface area contributed by atoms with Gasteiger partial charge in [-0.05, 0) is 0 Å². The number of rotatable bonds is 6. The number of fused-ring (bicyclic) bond motifs is 2. The second-order valence-electron chi connectivity index (χ2n) is 14.3. The third kappa shape index (κ3) is 5.37. The molecule has 2 aliphatic carbocycles. The minimum absolute atomic E-state index is 0.0608. The van der Waals surface area contributed by atoms with Crippen LogP contribution in [0.25, 0.3) is 45.6 Å². The van der Waals surface area contributed by atoms with Crippen LogP contribution < -0.4 is 0 Å². The Morgan fingerprint density at radius 1 is 0.521 bits per heavy atom. The van der Waals surface area contributed by atoms with Crippen molar-refractivity contribution in [3.63, 3.8) is 0 Å². The summed E-state index contributed by atoms with van der Waals surface area (Å²) in [6, 6.07) is 39.9. The number of hydrogen-bond donors (Lipinski definition) is 0. The molecule has 0 N–H and O–H groups in total. The monoisotopic (exact) mass is 702 g/mol. The molecule has 4 aromatic carbocycles. The van der Waals surface area contributed by atoms with Crippen LogP contribution in [-0.4, -0.2) is 0 Å². The van der Waals surface area contributed by atoms with Crippen LogP contribution in [0.4, 0.5) is 0 Å². The van der Waals surface area contributed by atoms with Crippen molar-refractivity contribution >= 4 is 23.3 Å². The third-order valence-corrected chi connectivity index (χ3v) is 14.6. The van der Waals surface area contributed by atoms with E-state index in [9.17, 15) is 0 Å². The number of benzene rings is 4. The second-order valence-corrected chi connectivity index (χ2v) is 18.0. The van der Waals surface area contributed by atoms with Gasteiger partial charge in [0, 0.05) is 0 Å². The maximum atomic E-state index is 6.74. The van der Waals surface area contributed by atoms with E-state index in [4.69, 9.17) is 8.83 Å². The van der Waals surface area contributed by atoms with Crippen LogP contribution in [-0.2, 0) is 28.6 Å². The standard InChI is InChI=1S/C24H23O.C21H17O.Zr/c1-16-10-11-18-14-19(21-12-13-22(25-21)24(2,3)4)15-20(18)23(16)17-8-6-5-7-9-17;1-14-8-10-17-12-18(20-11-9-15(2)22-20)13-19(17)21(14)16-6-4-3-5-7-16;/h5-15H,1-4H3;3-13H,1-2H3;. The summed E-state index contributed by atoms with van der Waals surface area (Å²) in [4.78, 5) is 0. The summed E-state index contributed by atoms with van der Waals surface area (Å²) >= 11 is -1.33. The summed E-state index contributed by atoms with van der Waals surface area (Å²) in [5.74, 6) is 3.98. The van der Waals surface area contributed by atoms with Gasteiger partial charge in [0.25, 0.3) is 0 Å². The van der Waals surface area contributed by atoms with Crippen molar-refractivity contribution in [1.29, 1.82) is 0 Å². The zero-order valence-corrected chi connectivity index (χ0v) is 31.0. The van der Waals surface area contributed by atoms with Crippen LogP contribution in [0.15, 0.2) is 118 Å². The molecule has 2 atom stereocenters. The molecule has 6 aromatic rings. The summed E-state index contributed by atoms with van der Waals surface area (Å²) in [6.07, 6.45) is 4.91. The molecule has 48 heavy (non-hydrogen) atoms. The summed E-state index contributed by atoms with van der Waals surface area (Å²) < 4.78 is 13.8. The van der Waals surface area contributed by atoms with Crippen LogP contribution in [0.5, 0.6) is 0 Å². The van der Waals surface area contributed by atoms with E-state index in [1.54, 1.807) is 0 Å². The van der Waals surface area contributed by atoms with Crippen LogP contribution in [0, 0.1) is 20.8 Å². The van der Waals surface area contributed by atoms with E-state index in [-0.39, 0.29) is 5.41 Å². The van der Waals surface area contributed by atoms with Gasteiger partial charge in [-0.25, -0.2) is 0 Å². The summed E-state index contributed by atoms with van der Waals surface area (Å²) in [5.41, 5.74) is 16.0. The molecule has 8 rings (SSSR count). The van der Waals surface area contributed by atoms with E-state index in [1.165, 1.54) is 66.8 Å². The molecule has 2 heterocycles. The Bertz CT molecular complexity index is 2220. The molecule has 0 saturated heterocycles. The molecule has 0 amide bonds. The normalized spacial score (nSPS) is 16.8. The predicted molar refractivity (Wildman–Crippen MR) is 195 cm³/mol. The average molecular weight is 704 g/mol. The first-order valence-electron chi connectivity index (χ1n) is 16.9. The Morgan fingerprint density at radius 2 is 1.00 bits per heavy atom. The molecule has 0 spiro atoms. The molecule has 2 aliphatic rings. The summed E-state index contributed by atoms with van der Waals surface area (Å²) in [5, 5.41) is 0. The fourth-order valence-corrected chi connectivity index (χ4v) is 12.5. The fourth-order valence-electron chi connectivity index (χ4n) is 7.53. The molecule has 2 nitrogen and oxygen atoms in total. The molecule has 0 saturated carbocycles. The van der Waals surface area contributed by atoms with Crippen molar-refractivity contribution in [3.05, 3.63) is 166 Å². The van der Waals surface area contributed by atoms with Gasteiger partial charge >= 0.3 is 297 Å². The van der Waals surface area contributed by atoms with Crippen molar-refractivity contribution in [2.75, 3.05) is 0 Å². The maximum absolute atomic E-state index is 6.74. The van der Waals surface area contributed by atoms with Crippen LogP contribution in [0.2, 0.25) is 0 Å². The Labute approximate surface area is 295 Å². The van der Waals surface area contributed by atoms with Crippen LogP contribution in [0.3, 0.4) is 0 Å². The fraction of sp³-hybridized carbons (Fsp3) is 0.200. The first-order valence-corrected chi connectivity index (χ1v) is 19.8. The molecule has 0 bridgehead atoms. The van der Waals surface area contributed by atoms with Gasteiger partial charge in [-0.1, -0.05) is 0 Å². The van der Waals surface area contributed by atoms with Gasteiger partial charge in [0.05, 0.1) is 0 Å². The van der Waals surface area contributed by atoms with Gasteiger partial charge in [0.2, 0.25) is 0 Å². The molecule has 0 fully saturated rings. The van der Waals surface area contributed by atoms with E-state index < -0.39 is 23.2 Å². The molecule has 0 radical (unpaired) electrons. The van der Waals surface area contributed by atoms with Crippen molar-refractivity contribution in [2.45, 2.75) is 54.2 Å². The summed E-state index contributed by atoms with van der Waals surface area (Å²) in [6.45, 7) is 13.2. The first kappa shape index (κ1) is 31.1. The van der Waals surface area contributed by atoms with Gasteiger partial charge in [-0.3, -0.25) is 0 Å². The van der Waals surface area contributed by atoms with Crippen molar-refractivity contribution < 1.29 is 32.1 Å². The number of hydrogen-bond acceptors (Lipinski definition) is 2. The molecule has 236 valence electrons. The van der Waals surface area contributed by atoms with Gasteiger partial charge < -0.3 is 0 Å². The molecular formula is C45H40O2Zr. The van der Waals surface area contributed by atoms with Crippen LogP contribution in [0.1, 0.15) is 84.4 Å². The molecule has 3 heteroatoms. The molecular weight excluding hydrogens is 664 g/mol. The van der Waals surface area contributed by atoms with Gasteiger partial charge in [-0.2, -0.15) is 0 Å².